The van der Waals surface area contributed by atoms with Crippen LogP contribution in [0.3, 0.4) is 0 Å². The van der Waals surface area contributed by atoms with Gasteiger partial charge in [0.05, 0.1) is 23.4 Å². The first-order chi connectivity index (χ1) is 13.7. The molecule has 2 aliphatic heterocycles. The molecule has 28 heavy (non-hydrogen) atoms. The van der Waals surface area contributed by atoms with Crippen LogP contribution < -0.4 is 4.90 Å². The van der Waals surface area contributed by atoms with Crippen molar-refractivity contribution < 1.29 is 19.0 Å². The maximum Gasteiger partial charge on any atom is 0.298 e. The van der Waals surface area contributed by atoms with Crippen LogP contribution in [0.15, 0.2) is 34.7 Å². The Bertz CT molecular complexity index is 866. The van der Waals surface area contributed by atoms with Gasteiger partial charge in [-0.25, -0.2) is 4.98 Å². The van der Waals surface area contributed by atoms with Crippen LogP contribution in [0.25, 0.3) is 10.2 Å². The fraction of sp³-hybridized carbons (Fsp3) is 0.474. The van der Waals surface area contributed by atoms with Crippen molar-refractivity contribution in [3.05, 3.63) is 34.7 Å². The summed E-state index contributed by atoms with van der Waals surface area (Å²) in [5, 5.41) is 0.676. The molecule has 9 heteroatoms. The molecule has 0 aliphatic carbocycles. The van der Waals surface area contributed by atoms with E-state index in [2.05, 4.69) is 25.8 Å². The number of thiazole rings is 1. The van der Waals surface area contributed by atoms with Gasteiger partial charge in [-0.1, -0.05) is 27.3 Å². The fourth-order valence-electron chi connectivity index (χ4n) is 3.18. The van der Waals surface area contributed by atoms with E-state index < -0.39 is 0 Å². The Labute approximate surface area is 176 Å². The molecular formula is C19H22BrN3O4S. The van der Waals surface area contributed by atoms with Crippen LogP contribution in [-0.2, 0) is 19.0 Å². The number of carbonyl (C=O) groups excluding carboxylic acids is 1. The SMILES string of the molecule is O=C(C1=COCCO1)N(CCCN1CCOCC1)c1nc2ccc(Br)cc2s1. The summed E-state index contributed by atoms with van der Waals surface area (Å²) < 4.78 is 18.2. The molecule has 0 saturated carbocycles. The molecule has 4 rings (SSSR count). The van der Waals surface area contributed by atoms with Crippen molar-refractivity contribution in [3.8, 4) is 0 Å². The summed E-state index contributed by atoms with van der Waals surface area (Å²) in [7, 11) is 0. The van der Waals surface area contributed by atoms with Crippen LogP contribution in [0.2, 0.25) is 0 Å². The Hall–Kier alpha value is -1.68. The molecule has 2 aromatic rings. The lowest BCUT2D eigenvalue weighted by Crippen LogP contribution is -2.40. The Morgan fingerprint density at radius 2 is 2.11 bits per heavy atom. The van der Waals surface area contributed by atoms with Crippen molar-refractivity contribution in [3.63, 3.8) is 0 Å². The maximum atomic E-state index is 13.1. The number of rotatable bonds is 6. The standard InChI is InChI=1S/C19H22BrN3O4S/c20-14-2-3-15-17(12-14)28-19(21-15)23(18(24)16-13-26-10-11-27-16)5-1-4-22-6-8-25-9-7-22/h2-3,12-13H,1,4-11H2. The van der Waals surface area contributed by atoms with Gasteiger partial charge < -0.3 is 14.2 Å². The molecule has 1 saturated heterocycles. The zero-order chi connectivity index (χ0) is 19.3. The summed E-state index contributed by atoms with van der Waals surface area (Å²) in [6.45, 7) is 5.74. The smallest absolute Gasteiger partial charge is 0.298 e. The largest absolute Gasteiger partial charge is 0.494 e. The third kappa shape index (κ3) is 4.65. The lowest BCUT2D eigenvalue weighted by atomic mass is 10.3. The van der Waals surface area contributed by atoms with Crippen LogP contribution >= 0.6 is 27.3 Å². The molecule has 7 nitrogen and oxygen atoms in total. The molecule has 1 aromatic carbocycles. The van der Waals surface area contributed by atoms with Gasteiger partial charge in [0.15, 0.2) is 5.13 Å². The number of halogens is 1. The third-order valence-electron chi connectivity index (χ3n) is 4.63. The van der Waals surface area contributed by atoms with E-state index in [0.29, 0.717) is 24.9 Å². The van der Waals surface area contributed by atoms with Crippen molar-refractivity contribution in [1.82, 2.24) is 9.88 Å². The summed E-state index contributed by atoms with van der Waals surface area (Å²) >= 11 is 5.00. The highest BCUT2D eigenvalue weighted by Gasteiger charge is 2.26. The van der Waals surface area contributed by atoms with E-state index in [1.807, 2.05) is 18.2 Å². The van der Waals surface area contributed by atoms with Crippen LogP contribution in [-0.4, -0.2) is 68.4 Å². The number of amides is 1. The van der Waals surface area contributed by atoms with Crippen molar-refractivity contribution in [2.75, 3.05) is 57.5 Å². The van der Waals surface area contributed by atoms with Gasteiger partial charge in [-0.3, -0.25) is 14.6 Å². The molecule has 1 fully saturated rings. The first kappa shape index (κ1) is 19.6. The van der Waals surface area contributed by atoms with Gasteiger partial charge in [0.1, 0.15) is 19.5 Å². The van der Waals surface area contributed by atoms with Gasteiger partial charge in [0, 0.05) is 30.7 Å². The zero-order valence-electron chi connectivity index (χ0n) is 15.4. The van der Waals surface area contributed by atoms with E-state index in [-0.39, 0.29) is 11.7 Å². The summed E-state index contributed by atoms with van der Waals surface area (Å²) in [6, 6.07) is 5.93. The number of benzene rings is 1. The number of nitrogens with zero attached hydrogens (tertiary/aromatic N) is 3. The van der Waals surface area contributed by atoms with Gasteiger partial charge in [-0.05, 0) is 24.6 Å². The topological polar surface area (TPSA) is 64.1 Å². The minimum Gasteiger partial charge on any atom is -0.494 e. The molecular weight excluding hydrogens is 446 g/mol. The van der Waals surface area contributed by atoms with E-state index in [4.69, 9.17) is 14.2 Å². The Morgan fingerprint density at radius 1 is 1.25 bits per heavy atom. The van der Waals surface area contributed by atoms with Crippen molar-refractivity contribution in [2.45, 2.75) is 6.42 Å². The third-order valence-corrected chi connectivity index (χ3v) is 6.17. The Balaban J connectivity index is 1.52. The lowest BCUT2D eigenvalue weighted by molar-refractivity contribution is -0.119. The molecule has 0 N–H and O–H groups in total. The van der Waals surface area contributed by atoms with E-state index in [0.717, 1.165) is 54.0 Å². The summed E-state index contributed by atoms with van der Waals surface area (Å²) in [6.07, 6.45) is 2.25. The average Bonchev–Trinajstić information content (AvgIpc) is 3.15. The molecule has 0 radical (unpaired) electrons. The first-order valence-corrected chi connectivity index (χ1v) is 10.9. The minimum absolute atomic E-state index is 0.209. The summed E-state index contributed by atoms with van der Waals surface area (Å²) in [5.74, 6) is 0.0258. The highest BCUT2D eigenvalue weighted by Crippen LogP contribution is 2.32. The number of anilines is 1. The number of ether oxygens (including phenoxy) is 3. The summed E-state index contributed by atoms with van der Waals surface area (Å²) in [5.41, 5.74) is 0.879. The maximum absolute atomic E-state index is 13.1. The van der Waals surface area contributed by atoms with Gasteiger partial charge in [0.2, 0.25) is 5.76 Å². The number of hydrogen-bond acceptors (Lipinski definition) is 7. The van der Waals surface area contributed by atoms with Crippen LogP contribution in [0.1, 0.15) is 6.42 Å². The van der Waals surface area contributed by atoms with Gasteiger partial charge in [-0.2, -0.15) is 0 Å². The summed E-state index contributed by atoms with van der Waals surface area (Å²) in [4.78, 5) is 21.9. The number of aromatic nitrogens is 1. The van der Waals surface area contributed by atoms with Crippen molar-refractivity contribution in [2.24, 2.45) is 0 Å². The van der Waals surface area contributed by atoms with E-state index in [1.54, 1.807) is 4.90 Å². The molecule has 1 aromatic heterocycles. The minimum atomic E-state index is -0.209. The predicted molar refractivity (Wildman–Crippen MR) is 112 cm³/mol. The number of carbonyl (C=O) groups is 1. The molecule has 0 bridgehead atoms. The lowest BCUT2D eigenvalue weighted by Gasteiger charge is -2.28. The second-order valence-electron chi connectivity index (χ2n) is 6.57. The number of fused-ring (bicyclic) bond motifs is 1. The van der Waals surface area contributed by atoms with Crippen LogP contribution in [0.4, 0.5) is 5.13 Å². The second-order valence-corrected chi connectivity index (χ2v) is 8.50. The second kappa shape index (κ2) is 9.21. The molecule has 0 spiro atoms. The quantitative estimate of drug-likeness (QED) is 0.650. The molecule has 0 atom stereocenters. The molecule has 1 amide bonds. The molecule has 2 aliphatic rings. The first-order valence-electron chi connectivity index (χ1n) is 9.33. The van der Waals surface area contributed by atoms with E-state index in [1.165, 1.54) is 17.6 Å². The predicted octanol–water partition coefficient (Wildman–Crippen LogP) is 3.00. The van der Waals surface area contributed by atoms with Gasteiger partial charge >= 0.3 is 0 Å². The Kier molecular flexibility index (Phi) is 6.46. The number of hydrogen-bond donors (Lipinski definition) is 0. The fourth-order valence-corrected chi connectivity index (χ4v) is 4.72. The molecule has 0 unspecified atom stereocenters. The van der Waals surface area contributed by atoms with E-state index >= 15 is 0 Å². The highest BCUT2D eigenvalue weighted by atomic mass is 79.9. The number of morpholine rings is 1. The van der Waals surface area contributed by atoms with Crippen LogP contribution in [0, 0.1) is 0 Å². The van der Waals surface area contributed by atoms with Crippen LogP contribution in [0.5, 0.6) is 0 Å². The van der Waals surface area contributed by atoms with E-state index in [9.17, 15) is 4.79 Å². The van der Waals surface area contributed by atoms with Gasteiger partial charge in [0.25, 0.3) is 5.91 Å². The normalized spacial score (nSPS) is 17.7. The monoisotopic (exact) mass is 467 g/mol. The van der Waals surface area contributed by atoms with Crippen molar-refractivity contribution in [1.29, 1.82) is 0 Å². The van der Waals surface area contributed by atoms with Gasteiger partial charge in [-0.15, -0.1) is 0 Å². The molecule has 150 valence electrons. The van der Waals surface area contributed by atoms with Crippen molar-refractivity contribution >= 4 is 48.5 Å². The average molecular weight is 468 g/mol. The highest BCUT2D eigenvalue weighted by molar-refractivity contribution is 9.10. The Morgan fingerprint density at radius 3 is 2.89 bits per heavy atom. The molecule has 3 heterocycles. The zero-order valence-corrected chi connectivity index (χ0v) is 17.8.